The number of hydrogen-bond acceptors (Lipinski definition) is 1. The molecule has 0 aliphatic rings. The van der Waals surface area contributed by atoms with Gasteiger partial charge < -0.3 is 5.32 Å². The van der Waals surface area contributed by atoms with Crippen LogP contribution in [0.5, 0.6) is 0 Å². The molecule has 0 saturated heterocycles. The van der Waals surface area contributed by atoms with Gasteiger partial charge in [0.2, 0.25) is 5.91 Å². The average Bonchev–Trinajstić information content (AvgIpc) is 2.55. The van der Waals surface area contributed by atoms with Crippen molar-refractivity contribution in [1.29, 1.82) is 0 Å². The first kappa shape index (κ1) is 16.3. The van der Waals surface area contributed by atoms with Gasteiger partial charge in [-0.1, -0.05) is 75.4 Å². The predicted octanol–water partition coefficient (Wildman–Crippen LogP) is 4.62. The van der Waals surface area contributed by atoms with E-state index in [2.05, 4.69) is 50.4 Å². The van der Waals surface area contributed by atoms with Gasteiger partial charge in [0.15, 0.2) is 0 Å². The van der Waals surface area contributed by atoms with Gasteiger partial charge in [-0.3, -0.25) is 4.79 Å². The molecular weight excluding hydrogens is 270 g/mol. The minimum absolute atomic E-state index is 0.0730. The zero-order valence-electron chi connectivity index (χ0n) is 13.7. The number of hydrogen-bond donors (Lipinski definition) is 1. The van der Waals surface area contributed by atoms with Crippen molar-refractivity contribution in [2.75, 3.05) is 0 Å². The Bertz CT molecular complexity index is 587. The second kappa shape index (κ2) is 7.79. The molecule has 2 aromatic carbocycles. The Hall–Kier alpha value is -2.09. The molecule has 1 amide bonds. The summed E-state index contributed by atoms with van der Waals surface area (Å²) in [5.74, 6) is 0.559. The highest BCUT2D eigenvalue weighted by Gasteiger charge is 2.17. The van der Waals surface area contributed by atoms with Crippen LogP contribution in [-0.2, 0) is 11.3 Å². The Morgan fingerprint density at radius 1 is 0.955 bits per heavy atom. The Kier molecular flexibility index (Phi) is 5.76. The van der Waals surface area contributed by atoms with E-state index < -0.39 is 0 Å². The van der Waals surface area contributed by atoms with Crippen molar-refractivity contribution in [2.24, 2.45) is 0 Å². The van der Waals surface area contributed by atoms with Gasteiger partial charge in [-0.05, 0) is 29.0 Å². The van der Waals surface area contributed by atoms with E-state index in [1.807, 2.05) is 30.3 Å². The molecule has 0 radical (unpaired) electrons. The zero-order valence-corrected chi connectivity index (χ0v) is 13.7. The number of carbonyl (C=O) groups excluding carboxylic acids is 1. The normalized spacial score (nSPS) is 12.2. The third-order valence-electron chi connectivity index (χ3n) is 4.04. The SMILES string of the molecule is CCC(C(=O)NCc1ccc(C(C)C)cc1)c1ccccc1. The fraction of sp³-hybridized carbons (Fsp3) is 0.350. The smallest absolute Gasteiger partial charge is 0.227 e. The van der Waals surface area contributed by atoms with Crippen molar-refractivity contribution in [3.05, 3.63) is 71.3 Å². The summed E-state index contributed by atoms with van der Waals surface area (Å²) in [6, 6.07) is 18.5. The number of benzene rings is 2. The largest absolute Gasteiger partial charge is 0.351 e. The van der Waals surface area contributed by atoms with Crippen molar-refractivity contribution in [1.82, 2.24) is 5.32 Å². The Morgan fingerprint density at radius 2 is 1.59 bits per heavy atom. The molecule has 0 aromatic heterocycles. The highest BCUT2D eigenvalue weighted by molar-refractivity contribution is 5.83. The Morgan fingerprint density at radius 3 is 2.14 bits per heavy atom. The topological polar surface area (TPSA) is 29.1 Å². The van der Waals surface area contributed by atoms with E-state index in [4.69, 9.17) is 0 Å². The van der Waals surface area contributed by atoms with Crippen LogP contribution in [0.25, 0.3) is 0 Å². The summed E-state index contributed by atoms with van der Waals surface area (Å²) in [6.07, 6.45) is 0.808. The molecule has 0 spiro atoms. The van der Waals surface area contributed by atoms with Gasteiger partial charge in [0.1, 0.15) is 0 Å². The molecule has 116 valence electrons. The first-order valence-electron chi connectivity index (χ1n) is 8.03. The summed E-state index contributed by atoms with van der Waals surface area (Å²) >= 11 is 0. The summed E-state index contributed by atoms with van der Waals surface area (Å²) < 4.78 is 0. The first-order chi connectivity index (χ1) is 10.6. The maximum absolute atomic E-state index is 12.4. The summed E-state index contributed by atoms with van der Waals surface area (Å²) in [6.45, 7) is 7.00. The van der Waals surface area contributed by atoms with Crippen LogP contribution in [0.2, 0.25) is 0 Å². The molecule has 0 saturated carbocycles. The van der Waals surface area contributed by atoms with Crippen LogP contribution in [0.1, 0.15) is 55.7 Å². The quantitative estimate of drug-likeness (QED) is 0.827. The molecule has 0 heterocycles. The fourth-order valence-electron chi connectivity index (χ4n) is 2.59. The molecule has 2 heteroatoms. The van der Waals surface area contributed by atoms with Crippen molar-refractivity contribution in [2.45, 2.75) is 45.6 Å². The highest BCUT2D eigenvalue weighted by Crippen LogP contribution is 2.19. The van der Waals surface area contributed by atoms with E-state index in [0.717, 1.165) is 17.5 Å². The summed E-state index contributed by atoms with van der Waals surface area (Å²) in [4.78, 5) is 12.4. The molecule has 0 bridgehead atoms. The van der Waals surface area contributed by atoms with Gasteiger partial charge in [-0.2, -0.15) is 0 Å². The zero-order chi connectivity index (χ0) is 15.9. The Labute approximate surface area is 133 Å². The molecule has 0 fully saturated rings. The van der Waals surface area contributed by atoms with Gasteiger partial charge in [0.05, 0.1) is 5.92 Å². The molecule has 2 aromatic rings. The molecule has 0 aliphatic heterocycles. The van der Waals surface area contributed by atoms with Crippen LogP contribution in [0.3, 0.4) is 0 Å². The second-order valence-corrected chi connectivity index (χ2v) is 5.99. The number of amides is 1. The highest BCUT2D eigenvalue weighted by atomic mass is 16.1. The summed E-state index contributed by atoms with van der Waals surface area (Å²) in [7, 11) is 0. The minimum atomic E-state index is -0.0730. The van der Waals surface area contributed by atoms with Crippen molar-refractivity contribution >= 4 is 5.91 Å². The molecule has 2 rings (SSSR count). The van der Waals surface area contributed by atoms with E-state index in [0.29, 0.717) is 12.5 Å². The molecule has 1 atom stereocenters. The molecule has 2 nitrogen and oxygen atoms in total. The first-order valence-corrected chi connectivity index (χ1v) is 8.03. The summed E-state index contributed by atoms with van der Waals surface area (Å²) in [5, 5.41) is 3.06. The van der Waals surface area contributed by atoms with Gasteiger partial charge in [0, 0.05) is 6.54 Å². The van der Waals surface area contributed by atoms with E-state index in [1.165, 1.54) is 5.56 Å². The molecular formula is C20H25NO. The van der Waals surface area contributed by atoms with Crippen molar-refractivity contribution in [3.8, 4) is 0 Å². The van der Waals surface area contributed by atoms with Crippen LogP contribution < -0.4 is 5.32 Å². The maximum Gasteiger partial charge on any atom is 0.227 e. The van der Waals surface area contributed by atoms with Gasteiger partial charge >= 0.3 is 0 Å². The van der Waals surface area contributed by atoms with Gasteiger partial charge in [-0.15, -0.1) is 0 Å². The van der Waals surface area contributed by atoms with Crippen LogP contribution >= 0.6 is 0 Å². The third-order valence-corrected chi connectivity index (χ3v) is 4.04. The fourth-order valence-corrected chi connectivity index (χ4v) is 2.59. The average molecular weight is 295 g/mol. The van der Waals surface area contributed by atoms with Crippen molar-refractivity contribution < 1.29 is 4.79 Å². The third kappa shape index (κ3) is 4.20. The lowest BCUT2D eigenvalue weighted by molar-refractivity contribution is -0.122. The van der Waals surface area contributed by atoms with Crippen LogP contribution in [0.15, 0.2) is 54.6 Å². The molecule has 1 unspecified atom stereocenters. The monoisotopic (exact) mass is 295 g/mol. The van der Waals surface area contributed by atoms with E-state index in [1.54, 1.807) is 0 Å². The number of carbonyl (C=O) groups is 1. The van der Waals surface area contributed by atoms with E-state index in [9.17, 15) is 4.79 Å². The number of rotatable bonds is 6. The van der Waals surface area contributed by atoms with Crippen LogP contribution in [0.4, 0.5) is 0 Å². The minimum Gasteiger partial charge on any atom is -0.351 e. The van der Waals surface area contributed by atoms with Crippen molar-refractivity contribution in [3.63, 3.8) is 0 Å². The lowest BCUT2D eigenvalue weighted by atomic mass is 9.95. The van der Waals surface area contributed by atoms with Crippen LogP contribution in [0, 0.1) is 0 Å². The molecule has 22 heavy (non-hydrogen) atoms. The van der Waals surface area contributed by atoms with Crippen LogP contribution in [-0.4, -0.2) is 5.91 Å². The van der Waals surface area contributed by atoms with Gasteiger partial charge in [0.25, 0.3) is 0 Å². The lowest BCUT2D eigenvalue weighted by Gasteiger charge is -2.15. The Balaban J connectivity index is 1.96. The maximum atomic E-state index is 12.4. The standard InChI is InChI=1S/C20H25NO/c1-4-19(18-8-6-5-7-9-18)20(22)21-14-16-10-12-17(13-11-16)15(2)3/h5-13,15,19H,4,14H2,1-3H3,(H,21,22). The van der Waals surface area contributed by atoms with E-state index >= 15 is 0 Å². The number of nitrogens with one attached hydrogen (secondary N) is 1. The second-order valence-electron chi connectivity index (χ2n) is 5.99. The predicted molar refractivity (Wildman–Crippen MR) is 91.9 cm³/mol. The van der Waals surface area contributed by atoms with Gasteiger partial charge in [-0.25, -0.2) is 0 Å². The summed E-state index contributed by atoms with van der Waals surface area (Å²) in [5.41, 5.74) is 3.55. The van der Waals surface area contributed by atoms with E-state index in [-0.39, 0.29) is 11.8 Å². The lowest BCUT2D eigenvalue weighted by Crippen LogP contribution is -2.28. The molecule has 0 aliphatic carbocycles. The molecule has 1 N–H and O–H groups in total.